The Morgan fingerprint density at radius 1 is 1.25 bits per heavy atom. The van der Waals surface area contributed by atoms with E-state index in [1.165, 1.54) is 0 Å². The number of carbonyl (C=O) groups excluding carboxylic acids is 1. The van der Waals surface area contributed by atoms with Crippen LogP contribution in [0.1, 0.15) is 33.1 Å². The molecule has 0 amide bonds. The molecule has 2 aliphatic rings. The highest BCUT2D eigenvalue weighted by Gasteiger charge is 2.64. The first-order valence-corrected chi connectivity index (χ1v) is 5.95. The van der Waals surface area contributed by atoms with E-state index >= 15 is 0 Å². The maximum atomic E-state index is 11.7. The SMILES string of the molecule is C=C[C@@H]1CC[C@@H](C=C)C12OC(=O)CC2(C)C. The zero-order chi connectivity index (χ0) is 12.0. The van der Waals surface area contributed by atoms with Gasteiger partial charge in [0.1, 0.15) is 5.60 Å². The first-order chi connectivity index (χ1) is 7.48. The highest BCUT2D eigenvalue weighted by molar-refractivity contribution is 5.74. The van der Waals surface area contributed by atoms with Crippen molar-refractivity contribution in [3.8, 4) is 0 Å². The zero-order valence-corrected chi connectivity index (χ0v) is 10.2. The third-order valence-corrected chi connectivity index (χ3v) is 4.39. The van der Waals surface area contributed by atoms with Gasteiger partial charge in [-0.3, -0.25) is 4.79 Å². The van der Waals surface area contributed by atoms with Gasteiger partial charge >= 0.3 is 5.97 Å². The molecule has 1 aliphatic heterocycles. The molecule has 1 heterocycles. The summed E-state index contributed by atoms with van der Waals surface area (Å²) in [4.78, 5) is 11.7. The lowest BCUT2D eigenvalue weighted by molar-refractivity contribution is -0.157. The van der Waals surface area contributed by atoms with Crippen molar-refractivity contribution in [3.63, 3.8) is 0 Å². The molecule has 16 heavy (non-hydrogen) atoms. The molecule has 2 rings (SSSR count). The summed E-state index contributed by atoms with van der Waals surface area (Å²) in [5.74, 6) is 0.444. The second-order valence-electron chi connectivity index (χ2n) is 5.59. The minimum atomic E-state index is -0.395. The Hall–Kier alpha value is -1.05. The number of ether oxygens (including phenoxy) is 1. The molecular weight excluding hydrogens is 200 g/mol. The Morgan fingerprint density at radius 3 is 2.06 bits per heavy atom. The van der Waals surface area contributed by atoms with Crippen molar-refractivity contribution >= 4 is 5.97 Å². The van der Waals surface area contributed by atoms with Gasteiger partial charge in [0.2, 0.25) is 0 Å². The molecule has 1 saturated carbocycles. The number of hydrogen-bond acceptors (Lipinski definition) is 2. The van der Waals surface area contributed by atoms with E-state index in [1.54, 1.807) is 0 Å². The average molecular weight is 220 g/mol. The lowest BCUT2D eigenvalue weighted by Gasteiger charge is -2.42. The zero-order valence-electron chi connectivity index (χ0n) is 10.2. The van der Waals surface area contributed by atoms with Crippen LogP contribution in [0, 0.1) is 17.3 Å². The smallest absolute Gasteiger partial charge is 0.307 e. The lowest BCUT2D eigenvalue weighted by atomic mass is 9.65. The van der Waals surface area contributed by atoms with E-state index in [2.05, 4.69) is 27.0 Å². The van der Waals surface area contributed by atoms with E-state index in [9.17, 15) is 4.79 Å². The Balaban J connectivity index is 2.50. The van der Waals surface area contributed by atoms with Crippen LogP contribution in [0.15, 0.2) is 25.3 Å². The second kappa shape index (κ2) is 3.47. The van der Waals surface area contributed by atoms with Crippen LogP contribution in [0.25, 0.3) is 0 Å². The van der Waals surface area contributed by atoms with E-state index < -0.39 is 5.60 Å². The van der Waals surface area contributed by atoms with Crippen molar-refractivity contribution < 1.29 is 9.53 Å². The molecular formula is C14H20O2. The summed E-state index contributed by atoms with van der Waals surface area (Å²) in [7, 11) is 0. The van der Waals surface area contributed by atoms with Crippen molar-refractivity contribution in [1.29, 1.82) is 0 Å². The maximum absolute atomic E-state index is 11.7. The number of hydrogen-bond donors (Lipinski definition) is 0. The number of carbonyl (C=O) groups is 1. The molecule has 0 aromatic heterocycles. The summed E-state index contributed by atoms with van der Waals surface area (Å²) in [6.07, 6.45) is 6.48. The summed E-state index contributed by atoms with van der Waals surface area (Å²) >= 11 is 0. The monoisotopic (exact) mass is 220 g/mol. The molecule has 0 bridgehead atoms. The fraction of sp³-hybridized carbons (Fsp3) is 0.643. The van der Waals surface area contributed by atoms with Gasteiger partial charge in [0.15, 0.2) is 0 Å². The van der Waals surface area contributed by atoms with Gasteiger partial charge in [-0.25, -0.2) is 0 Å². The second-order valence-corrected chi connectivity index (χ2v) is 5.59. The van der Waals surface area contributed by atoms with Gasteiger partial charge in [-0.15, -0.1) is 13.2 Å². The van der Waals surface area contributed by atoms with Gasteiger partial charge in [-0.05, 0) is 12.8 Å². The third-order valence-electron chi connectivity index (χ3n) is 4.39. The van der Waals surface area contributed by atoms with Crippen LogP contribution in [0.4, 0.5) is 0 Å². The minimum absolute atomic E-state index is 0.0781. The molecule has 88 valence electrons. The topological polar surface area (TPSA) is 26.3 Å². The highest BCUT2D eigenvalue weighted by Crippen LogP contribution is 2.59. The third kappa shape index (κ3) is 1.22. The average Bonchev–Trinajstić information content (AvgIpc) is 2.66. The van der Waals surface area contributed by atoms with Crippen molar-refractivity contribution in [2.24, 2.45) is 17.3 Å². The standard InChI is InChI=1S/C14H20O2/c1-5-10-7-8-11(6-2)14(10)13(3,4)9-12(15)16-14/h5-6,10-11H,1-2,7-9H2,3-4H3/t10-,11-/m1/s1. The predicted octanol–water partition coefficient (Wildman–Crippen LogP) is 3.10. The van der Waals surface area contributed by atoms with Crippen LogP contribution in [0.2, 0.25) is 0 Å². The van der Waals surface area contributed by atoms with Crippen LogP contribution in [0.3, 0.4) is 0 Å². The molecule has 2 heteroatoms. The number of rotatable bonds is 2. The van der Waals surface area contributed by atoms with E-state index in [0.29, 0.717) is 6.42 Å². The molecule has 0 aromatic carbocycles. The Labute approximate surface area is 97.4 Å². The summed E-state index contributed by atoms with van der Waals surface area (Å²) in [5.41, 5.74) is -0.522. The summed E-state index contributed by atoms with van der Waals surface area (Å²) in [6, 6.07) is 0. The van der Waals surface area contributed by atoms with Crippen molar-refractivity contribution in [3.05, 3.63) is 25.3 Å². The fourth-order valence-corrected chi connectivity index (χ4v) is 3.67. The van der Waals surface area contributed by atoms with Crippen LogP contribution in [-0.2, 0) is 9.53 Å². The highest BCUT2D eigenvalue weighted by atomic mass is 16.6. The van der Waals surface area contributed by atoms with Crippen LogP contribution < -0.4 is 0 Å². The van der Waals surface area contributed by atoms with E-state index in [1.807, 2.05) is 12.2 Å². The Bertz CT molecular complexity index is 325. The minimum Gasteiger partial charge on any atom is -0.457 e. The molecule has 2 nitrogen and oxygen atoms in total. The quantitative estimate of drug-likeness (QED) is 0.528. The lowest BCUT2D eigenvalue weighted by Crippen LogP contribution is -2.49. The largest absolute Gasteiger partial charge is 0.457 e. The molecule has 1 spiro atoms. The normalized spacial score (nSPS) is 35.0. The summed E-state index contributed by atoms with van der Waals surface area (Å²) in [6.45, 7) is 12.0. The van der Waals surface area contributed by atoms with Gasteiger partial charge in [-0.2, -0.15) is 0 Å². The molecule has 0 N–H and O–H groups in total. The molecule has 2 fully saturated rings. The van der Waals surface area contributed by atoms with Gasteiger partial charge in [0.05, 0.1) is 6.42 Å². The van der Waals surface area contributed by atoms with E-state index in [4.69, 9.17) is 4.74 Å². The van der Waals surface area contributed by atoms with Gasteiger partial charge in [0, 0.05) is 17.3 Å². The fourth-order valence-electron chi connectivity index (χ4n) is 3.67. The molecule has 2 atom stereocenters. The Morgan fingerprint density at radius 2 is 1.75 bits per heavy atom. The predicted molar refractivity (Wildman–Crippen MR) is 63.8 cm³/mol. The molecule has 1 saturated heterocycles. The van der Waals surface area contributed by atoms with Crippen molar-refractivity contribution in [2.75, 3.05) is 0 Å². The van der Waals surface area contributed by atoms with Crippen molar-refractivity contribution in [2.45, 2.75) is 38.7 Å². The number of esters is 1. The van der Waals surface area contributed by atoms with Gasteiger partial charge in [0.25, 0.3) is 0 Å². The molecule has 0 unspecified atom stereocenters. The summed E-state index contributed by atoms with van der Waals surface area (Å²) in [5, 5.41) is 0. The molecule has 1 aliphatic carbocycles. The molecule has 0 radical (unpaired) electrons. The first kappa shape index (κ1) is 11.4. The van der Waals surface area contributed by atoms with Crippen LogP contribution in [0.5, 0.6) is 0 Å². The molecule has 0 aromatic rings. The van der Waals surface area contributed by atoms with Crippen LogP contribution >= 0.6 is 0 Å². The first-order valence-electron chi connectivity index (χ1n) is 5.95. The summed E-state index contributed by atoms with van der Waals surface area (Å²) < 4.78 is 5.75. The van der Waals surface area contributed by atoms with Crippen LogP contribution in [-0.4, -0.2) is 11.6 Å². The maximum Gasteiger partial charge on any atom is 0.307 e. The van der Waals surface area contributed by atoms with E-state index in [0.717, 1.165) is 12.8 Å². The Kier molecular flexibility index (Phi) is 2.48. The van der Waals surface area contributed by atoms with Crippen molar-refractivity contribution in [1.82, 2.24) is 0 Å². The van der Waals surface area contributed by atoms with Gasteiger partial charge < -0.3 is 4.74 Å². The van der Waals surface area contributed by atoms with E-state index in [-0.39, 0.29) is 23.2 Å². The van der Waals surface area contributed by atoms with Gasteiger partial charge in [-0.1, -0.05) is 26.0 Å².